The van der Waals surface area contributed by atoms with Gasteiger partial charge in [-0.05, 0) is 18.2 Å². The number of anilines is 1. The topological polar surface area (TPSA) is 59.4 Å². The maximum atomic E-state index is 13.0. The van der Waals surface area contributed by atoms with Gasteiger partial charge >= 0.3 is 12.2 Å². The molecule has 2 heterocycles. The van der Waals surface area contributed by atoms with Gasteiger partial charge < -0.3 is 10.2 Å². The number of hydrogen-bond acceptors (Lipinski definition) is 3. The fraction of sp³-hybridized carbons (Fsp3) is 0.429. The average molecular weight is 310 g/mol. The number of hydrogen-bond donors (Lipinski definition) is 1. The Hall–Kier alpha value is -2.27. The molecule has 1 atom stereocenters. The zero-order valence-electron chi connectivity index (χ0n) is 11.5. The Morgan fingerprint density at radius 2 is 2.14 bits per heavy atom. The Morgan fingerprint density at radius 1 is 1.36 bits per heavy atom. The summed E-state index contributed by atoms with van der Waals surface area (Å²) in [5.41, 5.74) is -1.28. The molecule has 3 rings (SSSR count). The van der Waals surface area contributed by atoms with Crippen LogP contribution in [0.2, 0.25) is 0 Å². The van der Waals surface area contributed by atoms with Gasteiger partial charge in [0.05, 0.1) is 23.2 Å². The number of benzene rings is 1. The Morgan fingerprint density at radius 3 is 2.77 bits per heavy atom. The fourth-order valence-electron chi connectivity index (χ4n) is 2.87. The number of rotatable bonds is 1. The van der Waals surface area contributed by atoms with Gasteiger partial charge in [-0.3, -0.25) is 4.90 Å². The van der Waals surface area contributed by atoms with Crippen LogP contribution < -0.4 is 10.2 Å². The minimum absolute atomic E-state index is 0.0359. The van der Waals surface area contributed by atoms with Crippen molar-refractivity contribution in [2.75, 3.05) is 31.1 Å². The second-order valence-electron chi connectivity index (χ2n) is 5.28. The lowest BCUT2D eigenvalue weighted by Gasteiger charge is -2.28. The van der Waals surface area contributed by atoms with Crippen LogP contribution in [-0.2, 0) is 6.18 Å². The number of amides is 2. The maximum absolute atomic E-state index is 13.0. The summed E-state index contributed by atoms with van der Waals surface area (Å²) in [5, 5.41) is 12.0. The van der Waals surface area contributed by atoms with Crippen LogP contribution in [0.1, 0.15) is 11.1 Å². The van der Waals surface area contributed by atoms with E-state index in [4.69, 9.17) is 5.26 Å². The van der Waals surface area contributed by atoms with Gasteiger partial charge in [0, 0.05) is 31.9 Å². The second kappa shape index (κ2) is 5.18. The van der Waals surface area contributed by atoms with Crippen LogP contribution in [0.5, 0.6) is 0 Å². The van der Waals surface area contributed by atoms with E-state index in [0.717, 1.165) is 12.1 Å². The molecule has 1 aromatic rings. The molecule has 116 valence electrons. The highest BCUT2D eigenvalue weighted by atomic mass is 19.4. The molecule has 2 aliphatic heterocycles. The highest BCUT2D eigenvalue weighted by Gasteiger charge is 2.40. The molecule has 2 saturated heterocycles. The zero-order valence-corrected chi connectivity index (χ0v) is 11.5. The average Bonchev–Trinajstić information content (AvgIpc) is 2.83. The van der Waals surface area contributed by atoms with E-state index in [1.807, 2.05) is 0 Å². The molecule has 0 aliphatic carbocycles. The van der Waals surface area contributed by atoms with Crippen molar-refractivity contribution >= 4 is 11.7 Å². The first-order valence-electron chi connectivity index (χ1n) is 6.82. The van der Waals surface area contributed by atoms with Crippen LogP contribution in [0, 0.1) is 11.3 Å². The molecule has 0 unspecified atom stereocenters. The Labute approximate surface area is 124 Å². The molecule has 5 nitrogen and oxygen atoms in total. The number of nitrogens with zero attached hydrogens (tertiary/aromatic N) is 3. The van der Waals surface area contributed by atoms with Crippen LogP contribution in [-0.4, -0.2) is 43.2 Å². The summed E-state index contributed by atoms with van der Waals surface area (Å²) in [4.78, 5) is 15.3. The standard InChI is InChI=1S/C14H13F3N4O/c15-14(16,17)12-5-10(2-1-9(12)6-18)21-8-11-7-19-3-4-20(11)13(21)22/h1-2,5,11,19H,3-4,7-8H2/t11-/m0/s1. The SMILES string of the molecule is N#Cc1ccc(N2C[C@@H]3CNCCN3C2=O)cc1C(F)(F)F. The van der Waals surface area contributed by atoms with E-state index in [2.05, 4.69) is 5.32 Å². The third kappa shape index (κ3) is 2.37. The van der Waals surface area contributed by atoms with Gasteiger partial charge in [-0.25, -0.2) is 4.79 Å². The lowest BCUT2D eigenvalue weighted by molar-refractivity contribution is -0.137. The van der Waals surface area contributed by atoms with Crippen molar-refractivity contribution in [3.05, 3.63) is 29.3 Å². The summed E-state index contributed by atoms with van der Waals surface area (Å²) >= 11 is 0. The first-order chi connectivity index (χ1) is 10.4. The molecule has 0 radical (unpaired) electrons. The van der Waals surface area contributed by atoms with Crippen molar-refractivity contribution in [3.8, 4) is 6.07 Å². The number of nitrogens with one attached hydrogen (secondary N) is 1. The molecule has 8 heteroatoms. The van der Waals surface area contributed by atoms with Crippen LogP contribution in [0.25, 0.3) is 0 Å². The molecule has 0 aromatic heterocycles. The molecule has 0 bridgehead atoms. The van der Waals surface area contributed by atoms with Gasteiger partial charge in [0.25, 0.3) is 0 Å². The fourth-order valence-corrected chi connectivity index (χ4v) is 2.87. The minimum atomic E-state index is -4.63. The van der Waals surface area contributed by atoms with E-state index in [1.54, 1.807) is 4.90 Å². The Kier molecular flexibility index (Phi) is 3.45. The van der Waals surface area contributed by atoms with Gasteiger partial charge in [-0.2, -0.15) is 18.4 Å². The van der Waals surface area contributed by atoms with Crippen molar-refractivity contribution in [2.24, 2.45) is 0 Å². The second-order valence-corrected chi connectivity index (χ2v) is 5.28. The Bertz CT molecular complexity index is 652. The highest BCUT2D eigenvalue weighted by molar-refractivity contribution is 5.95. The Balaban J connectivity index is 1.96. The van der Waals surface area contributed by atoms with E-state index in [0.29, 0.717) is 26.2 Å². The van der Waals surface area contributed by atoms with Crippen molar-refractivity contribution in [1.82, 2.24) is 10.2 Å². The van der Waals surface area contributed by atoms with E-state index >= 15 is 0 Å². The number of alkyl halides is 3. The molecule has 22 heavy (non-hydrogen) atoms. The van der Waals surface area contributed by atoms with Crippen molar-refractivity contribution in [2.45, 2.75) is 12.2 Å². The zero-order chi connectivity index (χ0) is 15.9. The molecule has 2 aliphatic rings. The molecule has 0 saturated carbocycles. The predicted molar refractivity (Wildman–Crippen MR) is 72.3 cm³/mol. The molecule has 1 aromatic carbocycles. The number of carbonyl (C=O) groups excluding carboxylic acids is 1. The van der Waals surface area contributed by atoms with Crippen molar-refractivity contribution in [3.63, 3.8) is 0 Å². The predicted octanol–water partition coefficient (Wildman–Crippen LogP) is 1.79. The third-order valence-corrected chi connectivity index (χ3v) is 3.96. The first-order valence-corrected chi connectivity index (χ1v) is 6.82. The normalized spacial score (nSPS) is 21.7. The molecule has 2 amide bonds. The number of urea groups is 1. The van der Waals surface area contributed by atoms with Crippen LogP contribution in [0.3, 0.4) is 0 Å². The maximum Gasteiger partial charge on any atom is 0.417 e. The number of piperazine rings is 1. The third-order valence-electron chi connectivity index (χ3n) is 3.96. The summed E-state index contributed by atoms with van der Waals surface area (Å²) in [6.45, 7) is 2.19. The van der Waals surface area contributed by atoms with Crippen molar-refractivity contribution < 1.29 is 18.0 Å². The quantitative estimate of drug-likeness (QED) is 0.860. The summed E-state index contributed by atoms with van der Waals surface area (Å²) < 4.78 is 39.1. The number of carbonyl (C=O) groups is 1. The number of fused-ring (bicyclic) bond motifs is 1. The molecule has 1 N–H and O–H groups in total. The van der Waals surface area contributed by atoms with E-state index in [1.165, 1.54) is 17.0 Å². The van der Waals surface area contributed by atoms with E-state index in [9.17, 15) is 18.0 Å². The minimum Gasteiger partial charge on any atom is -0.317 e. The van der Waals surface area contributed by atoms with Gasteiger partial charge in [-0.15, -0.1) is 0 Å². The number of nitriles is 1. The number of halogens is 3. The summed E-state index contributed by atoms with van der Waals surface area (Å²) in [7, 11) is 0. The largest absolute Gasteiger partial charge is 0.417 e. The molecular formula is C14H13F3N4O. The van der Waals surface area contributed by atoms with Gasteiger partial charge in [-0.1, -0.05) is 0 Å². The molecule has 0 spiro atoms. The van der Waals surface area contributed by atoms with E-state index < -0.39 is 17.3 Å². The van der Waals surface area contributed by atoms with Crippen LogP contribution in [0.15, 0.2) is 18.2 Å². The summed E-state index contributed by atoms with van der Waals surface area (Å²) in [6.07, 6.45) is -4.63. The smallest absolute Gasteiger partial charge is 0.317 e. The monoisotopic (exact) mass is 310 g/mol. The lowest BCUT2D eigenvalue weighted by atomic mass is 10.1. The molecule has 2 fully saturated rings. The summed E-state index contributed by atoms with van der Waals surface area (Å²) in [6, 6.07) is 4.59. The van der Waals surface area contributed by atoms with Crippen molar-refractivity contribution in [1.29, 1.82) is 5.26 Å². The van der Waals surface area contributed by atoms with Gasteiger partial charge in [0.1, 0.15) is 0 Å². The van der Waals surface area contributed by atoms with Gasteiger partial charge in [0.2, 0.25) is 0 Å². The summed E-state index contributed by atoms with van der Waals surface area (Å²) in [5.74, 6) is 0. The van der Waals surface area contributed by atoms with Crippen LogP contribution in [0.4, 0.5) is 23.7 Å². The highest BCUT2D eigenvalue weighted by Crippen LogP contribution is 2.35. The molecular weight excluding hydrogens is 297 g/mol. The first kappa shape index (κ1) is 14.7. The van der Waals surface area contributed by atoms with Crippen LogP contribution >= 0.6 is 0 Å². The lowest BCUT2D eigenvalue weighted by Crippen LogP contribution is -2.49. The van der Waals surface area contributed by atoms with E-state index in [-0.39, 0.29) is 17.8 Å². The van der Waals surface area contributed by atoms with Gasteiger partial charge in [0.15, 0.2) is 0 Å².